The molecule has 8 nitrogen and oxygen atoms in total. The van der Waals surface area contributed by atoms with Gasteiger partial charge in [0.05, 0.1) is 6.10 Å². The molecule has 2 aromatic carbocycles. The Balaban J connectivity index is 1.28. The van der Waals surface area contributed by atoms with Gasteiger partial charge >= 0.3 is 12.7 Å². The maximum atomic E-state index is 13.1. The smallest absolute Gasteiger partial charge is 0.490 e. The fourth-order valence-corrected chi connectivity index (χ4v) is 5.61. The molecule has 1 heterocycles. The number of nitrogens with one attached hydrogen (secondary N) is 3. The highest BCUT2D eigenvalue weighted by Crippen LogP contribution is 2.34. The van der Waals surface area contributed by atoms with Crippen molar-refractivity contribution in [2.24, 2.45) is 0 Å². The molecule has 2 fully saturated rings. The van der Waals surface area contributed by atoms with E-state index in [1.54, 1.807) is 6.07 Å². The molecule has 0 bridgehead atoms. The molecule has 2 aromatic rings. The Morgan fingerprint density at radius 2 is 1.61 bits per heavy atom. The maximum absolute atomic E-state index is 13.1. The van der Waals surface area contributed by atoms with Gasteiger partial charge in [0.15, 0.2) is 5.11 Å². The highest BCUT2D eigenvalue weighted by Gasteiger charge is 2.34. The van der Waals surface area contributed by atoms with E-state index in [1.807, 2.05) is 0 Å². The van der Waals surface area contributed by atoms with E-state index in [1.165, 1.54) is 36.8 Å². The predicted octanol–water partition coefficient (Wildman–Crippen LogP) is 6.23. The van der Waals surface area contributed by atoms with Crippen LogP contribution < -0.4 is 30.2 Å². The molecule has 1 atom stereocenters. The van der Waals surface area contributed by atoms with Crippen molar-refractivity contribution < 1.29 is 45.7 Å². The number of halogens is 6. The second kappa shape index (κ2) is 15.3. The molecule has 0 radical (unpaired) electrons. The summed E-state index contributed by atoms with van der Waals surface area (Å²) < 4.78 is 90.8. The molecule has 0 spiro atoms. The van der Waals surface area contributed by atoms with Crippen molar-refractivity contribution in [1.29, 1.82) is 0 Å². The van der Waals surface area contributed by atoms with E-state index in [0.717, 1.165) is 32.0 Å². The Morgan fingerprint density at radius 3 is 2.30 bits per heavy atom. The van der Waals surface area contributed by atoms with Gasteiger partial charge in [-0.3, -0.25) is 5.32 Å². The van der Waals surface area contributed by atoms with Gasteiger partial charge in [0, 0.05) is 36.4 Å². The van der Waals surface area contributed by atoms with Crippen LogP contribution in [0.1, 0.15) is 56.7 Å². The van der Waals surface area contributed by atoms with Crippen LogP contribution in [0, 0.1) is 0 Å². The molecule has 1 saturated carbocycles. The van der Waals surface area contributed by atoms with Gasteiger partial charge in [-0.15, -0.1) is 26.3 Å². The Morgan fingerprint density at radius 1 is 0.909 bits per heavy atom. The maximum Gasteiger partial charge on any atom is 0.573 e. The summed E-state index contributed by atoms with van der Waals surface area (Å²) in [4.78, 5) is 2.24. The van der Waals surface area contributed by atoms with Crippen LogP contribution >= 0.6 is 12.2 Å². The first-order valence-electron chi connectivity index (χ1n) is 14.5. The monoisotopic (exact) mass is 650 g/mol. The van der Waals surface area contributed by atoms with Crippen molar-refractivity contribution in [3.05, 3.63) is 48.0 Å². The quantitative estimate of drug-likeness (QED) is 0.129. The zero-order chi connectivity index (χ0) is 31.7. The standard InChI is InChI=1S/C29H36F6N4O4S/c30-28(31,32)42-23-6-4-5-20(17-23)38-27(44)37-19-7-9-21(10-8-19)41-22-11-12-25(43-29(33,34)35)24(18-22)26(40)36-13-16-39-14-2-1-3-15-39/h4-6,11-12,17-19,21,26,36,40H,1-3,7-10,13-16H2,(H2,37,38,44). The van der Waals surface area contributed by atoms with Gasteiger partial charge in [-0.05, 0) is 94.2 Å². The van der Waals surface area contributed by atoms with Crippen molar-refractivity contribution in [3.8, 4) is 17.2 Å². The SMILES string of the molecule is OC(NCCN1CCCCC1)c1cc(OC2CCC(NC(=S)Nc3cccc(OC(F)(F)F)c3)CC2)ccc1OC(F)(F)F. The summed E-state index contributed by atoms with van der Waals surface area (Å²) in [6.07, 6.45) is -5.41. The predicted molar refractivity (Wildman–Crippen MR) is 156 cm³/mol. The van der Waals surface area contributed by atoms with Crippen molar-refractivity contribution >= 4 is 23.0 Å². The Hall–Kier alpha value is -3.01. The summed E-state index contributed by atoms with van der Waals surface area (Å²) in [5.74, 6) is -0.571. The summed E-state index contributed by atoms with van der Waals surface area (Å²) in [5.41, 5.74) is 0.258. The Labute approximate surface area is 257 Å². The van der Waals surface area contributed by atoms with Crippen LogP contribution in [0.5, 0.6) is 17.2 Å². The minimum Gasteiger partial charge on any atom is -0.490 e. The van der Waals surface area contributed by atoms with Crippen LogP contribution in [0.25, 0.3) is 0 Å². The first kappa shape index (κ1) is 33.9. The normalized spacial score (nSPS) is 20.4. The zero-order valence-electron chi connectivity index (χ0n) is 23.8. The molecule has 1 aliphatic heterocycles. The van der Waals surface area contributed by atoms with E-state index in [-0.39, 0.29) is 28.6 Å². The van der Waals surface area contributed by atoms with Gasteiger partial charge in [-0.25, -0.2) is 0 Å². The van der Waals surface area contributed by atoms with Gasteiger partial charge in [-0.1, -0.05) is 12.5 Å². The van der Waals surface area contributed by atoms with Crippen molar-refractivity contribution in [2.75, 3.05) is 31.5 Å². The Kier molecular flexibility index (Phi) is 11.8. The molecule has 15 heteroatoms. The van der Waals surface area contributed by atoms with Crippen LogP contribution in [0.3, 0.4) is 0 Å². The minimum absolute atomic E-state index is 0.0199. The summed E-state index contributed by atoms with van der Waals surface area (Å²) >= 11 is 5.32. The van der Waals surface area contributed by atoms with Crippen LogP contribution in [0.15, 0.2) is 42.5 Å². The molecule has 4 rings (SSSR count). The lowest BCUT2D eigenvalue weighted by molar-refractivity contribution is -0.276. The number of rotatable bonds is 11. The first-order valence-corrected chi connectivity index (χ1v) is 14.9. The van der Waals surface area contributed by atoms with Gasteiger partial charge in [0.25, 0.3) is 0 Å². The topological polar surface area (TPSA) is 87.3 Å². The molecular weight excluding hydrogens is 614 g/mol. The molecule has 1 unspecified atom stereocenters. The lowest BCUT2D eigenvalue weighted by Crippen LogP contribution is -2.41. The molecular formula is C29H36F6N4O4S. The third-order valence-corrected chi connectivity index (χ3v) is 7.57. The summed E-state index contributed by atoms with van der Waals surface area (Å²) in [7, 11) is 0. The van der Waals surface area contributed by atoms with Gasteiger partial charge in [0.2, 0.25) is 0 Å². The first-order chi connectivity index (χ1) is 20.8. The minimum atomic E-state index is -4.93. The van der Waals surface area contributed by atoms with E-state index in [0.29, 0.717) is 50.2 Å². The third kappa shape index (κ3) is 11.5. The van der Waals surface area contributed by atoms with E-state index in [9.17, 15) is 31.4 Å². The number of benzene rings is 2. The van der Waals surface area contributed by atoms with E-state index in [2.05, 4.69) is 30.3 Å². The number of likely N-dealkylation sites (tertiary alicyclic amines) is 1. The molecule has 1 aliphatic carbocycles. The van der Waals surface area contributed by atoms with E-state index >= 15 is 0 Å². The number of thiocarbonyl (C=S) groups is 1. The van der Waals surface area contributed by atoms with Crippen LogP contribution in [0.4, 0.5) is 32.0 Å². The van der Waals surface area contributed by atoms with Crippen LogP contribution in [0.2, 0.25) is 0 Å². The van der Waals surface area contributed by atoms with Crippen molar-refractivity contribution in [2.45, 2.75) is 76.0 Å². The highest BCUT2D eigenvalue weighted by atomic mass is 32.1. The largest absolute Gasteiger partial charge is 0.573 e. The number of aliphatic hydroxyl groups is 1. The summed E-state index contributed by atoms with van der Waals surface area (Å²) in [5, 5.41) is 19.9. The lowest BCUT2D eigenvalue weighted by atomic mass is 9.93. The number of piperidine rings is 1. The fraction of sp³-hybridized carbons (Fsp3) is 0.552. The number of alkyl halides is 6. The van der Waals surface area contributed by atoms with E-state index in [4.69, 9.17) is 17.0 Å². The summed E-state index contributed by atoms with van der Waals surface area (Å²) in [6, 6.07) is 9.20. The molecule has 44 heavy (non-hydrogen) atoms. The molecule has 0 aromatic heterocycles. The highest BCUT2D eigenvalue weighted by molar-refractivity contribution is 7.80. The molecule has 244 valence electrons. The second-order valence-corrected chi connectivity index (χ2v) is 11.2. The average molecular weight is 651 g/mol. The van der Waals surface area contributed by atoms with Gasteiger partial charge in [-0.2, -0.15) is 0 Å². The zero-order valence-corrected chi connectivity index (χ0v) is 24.7. The molecule has 2 aliphatic rings. The van der Waals surface area contributed by atoms with Gasteiger partial charge < -0.3 is 34.9 Å². The number of nitrogens with zero attached hydrogens (tertiary/aromatic N) is 1. The van der Waals surface area contributed by atoms with E-state index < -0.39 is 24.7 Å². The average Bonchev–Trinajstić information content (AvgIpc) is 2.94. The number of hydrogen-bond donors (Lipinski definition) is 4. The van der Waals surface area contributed by atoms with Gasteiger partial charge in [0.1, 0.15) is 23.5 Å². The fourth-order valence-electron chi connectivity index (χ4n) is 5.32. The number of hydrogen-bond acceptors (Lipinski definition) is 7. The lowest BCUT2D eigenvalue weighted by Gasteiger charge is -2.30. The van der Waals surface area contributed by atoms with Crippen LogP contribution in [-0.2, 0) is 0 Å². The summed E-state index contributed by atoms with van der Waals surface area (Å²) in [6.45, 7) is 2.96. The van der Waals surface area contributed by atoms with Crippen molar-refractivity contribution in [1.82, 2.24) is 15.5 Å². The van der Waals surface area contributed by atoms with Crippen LogP contribution in [-0.4, -0.2) is 66.2 Å². The molecule has 1 saturated heterocycles. The number of anilines is 1. The Bertz CT molecular complexity index is 1220. The number of aliphatic hydroxyl groups excluding tert-OH is 1. The third-order valence-electron chi connectivity index (χ3n) is 7.35. The number of ether oxygens (including phenoxy) is 3. The molecule has 0 amide bonds. The second-order valence-electron chi connectivity index (χ2n) is 10.8. The molecule has 4 N–H and O–H groups in total. The van der Waals surface area contributed by atoms with Crippen molar-refractivity contribution in [3.63, 3.8) is 0 Å².